The standard InChI is InChI=1S/C32H30F2N10O6/c33-21-11-19(15-45)25(41-30(46)23(35)1-3-28(37)43-8-6-39-16-43)12-18(21)5-10-50-27-14-26(20(32(48)49)13-22(27)34)42-31(47)24(36)2-4-29(38)44-9-7-40-17-44/h1-4,6-9,11-17H,5,10,35-38H2,(H,41,46)(H,42,47)(H,48,49)/b23-1-,24-2-,28-3+,29-4+. The molecular weight excluding hydrogens is 658 g/mol. The molecule has 0 aliphatic rings. The van der Waals surface area contributed by atoms with Gasteiger partial charge >= 0.3 is 5.97 Å². The van der Waals surface area contributed by atoms with Gasteiger partial charge in [-0.1, -0.05) is 0 Å². The summed E-state index contributed by atoms with van der Waals surface area (Å²) in [5.41, 5.74) is 21.5. The molecular formula is C32H30F2N10O6. The summed E-state index contributed by atoms with van der Waals surface area (Å²) in [5, 5.41) is 14.3. The number of allylic oxidation sites excluding steroid dienone is 4. The molecule has 16 nitrogen and oxygen atoms in total. The van der Waals surface area contributed by atoms with Crippen LogP contribution in [-0.4, -0.2) is 54.9 Å². The van der Waals surface area contributed by atoms with Crippen molar-refractivity contribution >= 4 is 47.1 Å². The van der Waals surface area contributed by atoms with Crippen LogP contribution in [0.25, 0.3) is 11.6 Å². The zero-order valence-electron chi connectivity index (χ0n) is 25.9. The predicted octanol–water partition coefficient (Wildman–Crippen LogP) is 1.97. The fourth-order valence-electron chi connectivity index (χ4n) is 4.13. The van der Waals surface area contributed by atoms with Gasteiger partial charge in [-0.05, 0) is 48.1 Å². The molecule has 0 unspecified atom stereocenters. The second-order valence-corrected chi connectivity index (χ2v) is 10.2. The molecule has 4 rings (SSSR count). The molecule has 2 aromatic heterocycles. The molecule has 18 heteroatoms. The van der Waals surface area contributed by atoms with Crippen LogP contribution in [-0.2, 0) is 16.0 Å². The van der Waals surface area contributed by atoms with E-state index in [1.54, 1.807) is 12.4 Å². The van der Waals surface area contributed by atoms with Crippen molar-refractivity contribution in [2.24, 2.45) is 22.9 Å². The van der Waals surface area contributed by atoms with Gasteiger partial charge in [-0.2, -0.15) is 0 Å². The van der Waals surface area contributed by atoms with E-state index in [1.165, 1.54) is 64.6 Å². The van der Waals surface area contributed by atoms with E-state index in [2.05, 4.69) is 20.6 Å². The molecule has 0 atom stereocenters. The number of rotatable bonds is 14. The maximum Gasteiger partial charge on any atom is 0.337 e. The van der Waals surface area contributed by atoms with Crippen molar-refractivity contribution in [2.45, 2.75) is 6.42 Å². The van der Waals surface area contributed by atoms with E-state index in [0.29, 0.717) is 12.4 Å². The number of nitrogens with one attached hydrogen (secondary N) is 2. The van der Waals surface area contributed by atoms with Crippen molar-refractivity contribution in [3.8, 4) is 5.75 Å². The highest BCUT2D eigenvalue weighted by Crippen LogP contribution is 2.28. The van der Waals surface area contributed by atoms with Gasteiger partial charge in [-0.3, -0.25) is 23.5 Å². The summed E-state index contributed by atoms with van der Waals surface area (Å²) in [6.07, 6.45) is 14.2. The number of imidazole rings is 2. The molecule has 50 heavy (non-hydrogen) atoms. The minimum Gasteiger partial charge on any atom is -0.490 e. The third-order valence-corrected chi connectivity index (χ3v) is 6.77. The van der Waals surface area contributed by atoms with E-state index >= 15 is 0 Å². The summed E-state index contributed by atoms with van der Waals surface area (Å²) in [5.74, 6) is -5.31. The Morgan fingerprint density at radius 2 is 1.36 bits per heavy atom. The molecule has 0 bridgehead atoms. The molecule has 0 fully saturated rings. The molecule has 0 spiro atoms. The number of amides is 2. The second-order valence-electron chi connectivity index (χ2n) is 10.2. The number of hydrogen-bond acceptors (Lipinski definition) is 11. The van der Waals surface area contributed by atoms with Crippen molar-refractivity contribution in [1.82, 2.24) is 19.1 Å². The van der Waals surface area contributed by atoms with E-state index in [4.69, 9.17) is 27.7 Å². The van der Waals surface area contributed by atoms with Crippen LogP contribution < -0.4 is 38.3 Å². The lowest BCUT2D eigenvalue weighted by molar-refractivity contribution is -0.113. The molecule has 4 aromatic rings. The topological polar surface area (TPSA) is 262 Å². The number of ether oxygens (including phenoxy) is 1. The van der Waals surface area contributed by atoms with Gasteiger partial charge in [0.05, 0.1) is 34.9 Å². The average molecular weight is 689 g/mol. The second kappa shape index (κ2) is 16.0. The summed E-state index contributed by atoms with van der Waals surface area (Å²) < 4.78 is 38.1. The van der Waals surface area contributed by atoms with Gasteiger partial charge in [0.2, 0.25) is 0 Å². The quantitative estimate of drug-likeness (QED) is 0.0570. The minimum absolute atomic E-state index is 0.0327. The maximum absolute atomic E-state index is 14.9. The molecule has 0 radical (unpaired) electrons. The first kappa shape index (κ1) is 35.6. The van der Waals surface area contributed by atoms with Crippen molar-refractivity contribution in [2.75, 3.05) is 17.2 Å². The number of aldehydes is 1. The van der Waals surface area contributed by atoms with Gasteiger partial charge in [-0.15, -0.1) is 0 Å². The highest BCUT2D eigenvalue weighted by Gasteiger charge is 2.20. The number of nitrogens with zero attached hydrogens (tertiary/aromatic N) is 4. The third kappa shape index (κ3) is 8.97. The van der Waals surface area contributed by atoms with Crippen molar-refractivity contribution < 1.29 is 37.8 Å². The molecule has 0 aliphatic carbocycles. The Morgan fingerprint density at radius 3 is 1.86 bits per heavy atom. The van der Waals surface area contributed by atoms with Crippen molar-refractivity contribution in [3.05, 3.63) is 126 Å². The summed E-state index contributed by atoms with van der Waals surface area (Å²) in [7, 11) is 0. The summed E-state index contributed by atoms with van der Waals surface area (Å²) in [6, 6.07) is 3.64. The molecule has 0 aliphatic heterocycles. The van der Waals surface area contributed by atoms with E-state index < -0.39 is 40.7 Å². The van der Waals surface area contributed by atoms with E-state index in [1.807, 2.05) is 0 Å². The molecule has 2 aromatic carbocycles. The van der Waals surface area contributed by atoms with Gasteiger partial charge in [0.1, 0.15) is 30.1 Å². The summed E-state index contributed by atoms with van der Waals surface area (Å²) in [6.45, 7) is -0.359. The highest BCUT2D eigenvalue weighted by atomic mass is 19.1. The number of aromatic nitrogens is 4. The number of carboxylic acids is 1. The number of anilines is 2. The Kier molecular flexibility index (Phi) is 11.4. The lowest BCUT2D eigenvalue weighted by atomic mass is 10.1. The van der Waals surface area contributed by atoms with Crippen LogP contribution in [0, 0.1) is 11.6 Å². The zero-order chi connectivity index (χ0) is 36.4. The zero-order valence-corrected chi connectivity index (χ0v) is 25.9. The van der Waals surface area contributed by atoms with Gasteiger partial charge < -0.3 is 43.4 Å². The predicted molar refractivity (Wildman–Crippen MR) is 178 cm³/mol. The summed E-state index contributed by atoms with van der Waals surface area (Å²) in [4.78, 5) is 56.5. The minimum atomic E-state index is -1.56. The molecule has 2 heterocycles. The lowest BCUT2D eigenvalue weighted by Gasteiger charge is -2.14. The maximum atomic E-state index is 14.9. The molecule has 11 N–H and O–H groups in total. The number of carbonyl (C=O) groups is 4. The van der Waals surface area contributed by atoms with Gasteiger partial charge in [0.25, 0.3) is 11.8 Å². The van der Waals surface area contributed by atoms with Crippen LogP contribution in [0.5, 0.6) is 5.75 Å². The Bertz CT molecular complexity index is 2040. The third-order valence-electron chi connectivity index (χ3n) is 6.77. The molecule has 0 saturated heterocycles. The van der Waals surface area contributed by atoms with E-state index in [0.717, 1.165) is 12.1 Å². The number of halogens is 2. The fraction of sp³-hybridized carbons (Fsp3) is 0.0625. The first-order valence-electron chi connectivity index (χ1n) is 14.3. The first-order valence-corrected chi connectivity index (χ1v) is 14.3. The smallest absolute Gasteiger partial charge is 0.337 e. The van der Waals surface area contributed by atoms with Crippen molar-refractivity contribution in [1.29, 1.82) is 0 Å². The molecule has 2 amide bonds. The van der Waals surface area contributed by atoms with E-state index in [-0.39, 0.29) is 58.6 Å². The average Bonchev–Trinajstić information content (AvgIpc) is 3.84. The monoisotopic (exact) mass is 688 g/mol. The SMILES string of the molecule is N/C(=C\C=C(/N)n1ccnc1)C(=O)Nc1cc(CCOc2cc(NC(=O)/C(N)=C/C=C(\N)n3ccnc3)c(C(=O)O)cc2F)c(F)cc1C=O. The number of aromatic carboxylic acids is 1. The Morgan fingerprint density at radius 1 is 0.800 bits per heavy atom. The summed E-state index contributed by atoms with van der Waals surface area (Å²) >= 11 is 0. The molecule has 258 valence electrons. The Hall–Kier alpha value is -7.24. The van der Waals surface area contributed by atoms with E-state index in [9.17, 15) is 33.1 Å². The van der Waals surface area contributed by atoms with Crippen LogP contribution >= 0.6 is 0 Å². The van der Waals surface area contributed by atoms with Gasteiger partial charge in [0, 0.05) is 42.8 Å². The highest BCUT2D eigenvalue weighted by molar-refractivity contribution is 6.07. The Balaban J connectivity index is 1.47. The normalized spacial score (nSPS) is 12.4. The number of carbonyl (C=O) groups excluding carboxylic acids is 3. The first-order chi connectivity index (χ1) is 23.9. The number of nitrogens with two attached hydrogens (primary N) is 4. The van der Waals surface area contributed by atoms with Crippen LogP contribution in [0.2, 0.25) is 0 Å². The van der Waals surface area contributed by atoms with Crippen molar-refractivity contribution in [3.63, 3.8) is 0 Å². The van der Waals surface area contributed by atoms with Gasteiger partial charge in [-0.25, -0.2) is 23.5 Å². The molecule has 0 saturated carbocycles. The van der Waals surface area contributed by atoms with Crippen LogP contribution in [0.3, 0.4) is 0 Å². The number of carboxylic acid groups (broad SMARTS) is 1. The number of hydrogen-bond donors (Lipinski definition) is 7. The van der Waals surface area contributed by atoms with Crippen LogP contribution in [0.15, 0.2) is 97.4 Å². The Labute approximate surface area is 282 Å². The largest absolute Gasteiger partial charge is 0.490 e. The fourth-order valence-corrected chi connectivity index (χ4v) is 4.13. The van der Waals surface area contributed by atoms with Crippen LogP contribution in [0.1, 0.15) is 26.3 Å². The van der Waals surface area contributed by atoms with Gasteiger partial charge in [0.15, 0.2) is 17.9 Å². The van der Waals surface area contributed by atoms with Crippen LogP contribution in [0.4, 0.5) is 20.2 Å². The number of benzene rings is 2. The lowest BCUT2D eigenvalue weighted by Crippen LogP contribution is -2.22.